The summed E-state index contributed by atoms with van der Waals surface area (Å²) < 4.78 is 45.0. The molecule has 50 heavy (non-hydrogen) atoms. The van der Waals surface area contributed by atoms with E-state index in [1.807, 2.05) is 6.92 Å². The second-order valence-electron chi connectivity index (χ2n) is 13.7. The highest BCUT2D eigenvalue weighted by Gasteiger charge is 2.43. The number of aliphatic hydroxyl groups excluding tert-OH is 2. The van der Waals surface area contributed by atoms with Crippen LogP contribution in [0.1, 0.15) is 56.2 Å². The number of fused-ring (bicyclic) bond motifs is 6. The van der Waals surface area contributed by atoms with Crippen LogP contribution in [0.2, 0.25) is 0 Å². The molecule has 4 aliphatic rings. The van der Waals surface area contributed by atoms with E-state index in [2.05, 4.69) is 32.8 Å². The average molecular weight is 709 g/mol. The minimum Gasteiger partial charge on any atom is -0.459 e. The number of pyridine rings is 1. The van der Waals surface area contributed by atoms with Crippen LogP contribution in [0.25, 0.3) is 32.2 Å². The van der Waals surface area contributed by atoms with Crippen LogP contribution in [-0.2, 0) is 18.0 Å². The summed E-state index contributed by atoms with van der Waals surface area (Å²) in [7, 11) is 3.08. The third kappa shape index (κ3) is 5.72. The number of aromatic nitrogens is 3. The first-order chi connectivity index (χ1) is 24.1. The van der Waals surface area contributed by atoms with Gasteiger partial charge in [0.15, 0.2) is 11.6 Å². The molecule has 0 aliphatic carbocycles. The van der Waals surface area contributed by atoms with E-state index in [4.69, 9.17) is 30.3 Å². The number of nitrogens with zero attached hydrogens (tertiary/aromatic N) is 7. The normalized spacial score (nSPS) is 23.2. The number of likely N-dealkylation sites (tertiary alicyclic amines) is 2. The predicted octanol–water partition coefficient (Wildman–Crippen LogP) is 4.17. The van der Waals surface area contributed by atoms with Crippen LogP contribution in [0, 0.1) is 23.0 Å². The standard InChI is InChI=1S/C34H38F2N8O3S.CH4O/c1-16(45)11-43-12-18-6-7-19(13-43)44(18)33-27-22-15-46-14-21(22)25(29-26-20(9-37)32(38)48-31(26)23(35)10-39-29)28(36)30(27)40-34(41-33)47-17(2)24-5-4-8-42(24)3;1-2/h10,16-19,24,45H,4-8,11-15,38H2,1-3H3;2H,1H3. The van der Waals surface area contributed by atoms with Gasteiger partial charge in [0, 0.05) is 55.8 Å². The molecular formula is C35H42F2N8O4S. The Kier molecular flexibility index (Phi) is 9.52. The Morgan fingerprint density at radius 1 is 1.12 bits per heavy atom. The van der Waals surface area contributed by atoms with Gasteiger partial charge in [0.1, 0.15) is 28.5 Å². The molecular weight excluding hydrogens is 666 g/mol. The highest BCUT2D eigenvalue weighted by molar-refractivity contribution is 7.23. The zero-order valence-corrected chi connectivity index (χ0v) is 29.4. The van der Waals surface area contributed by atoms with Crippen molar-refractivity contribution in [3.63, 3.8) is 0 Å². The maximum absolute atomic E-state index is 17.4. The number of piperazine rings is 1. The minimum absolute atomic E-state index is 0.0673. The van der Waals surface area contributed by atoms with E-state index in [0.717, 1.165) is 75.5 Å². The number of hydrogen-bond donors (Lipinski definition) is 3. The minimum atomic E-state index is -0.650. The van der Waals surface area contributed by atoms with Crippen molar-refractivity contribution in [1.29, 1.82) is 5.26 Å². The molecule has 3 aromatic heterocycles. The molecule has 2 bridgehead atoms. The highest BCUT2D eigenvalue weighted by Crippen LogP contribution is 2.48. The maximum atomic E-state index is 17.4. The van der Waals surface area contributed by atoms with Crippen molar-refractivity contribution in [1.82, 2.24) is 24.8 Å². The molecule has 0 radical (unpaired) electrons. The molecule has 7 heterocycles. The van der Waals surface area contributed by atoms with Gasteiger partial charge in [0.25, 0.3) is 0 Å². The Labute approximate surface area is 293 Å². The fourth-order valence-electron chi connectivity index (χ4n) is 8.50. The number of likely N-dealkylation sites (N-methyl/N-ethyl adjacent to an activating group) is 1. The summed E-state index contributed by atoms with van der Waals surface area (Å²) in [5, 5.41) is 28.0. The zero-order chi connectivity index (χ0) is 35.4. The number of nitriles is 1. The molecule has 15 heteroatoms. The predicted molar refractivity (Wildman–Crippen MR) is 187 cm³/mol. The number of nitrogen functional groups attached to an aromatic ring is 1. The maximum Gasteiger partial charge on any atom is 0.319 e. The van der Waals surface area contributed by atoms with Crippen LogP contribution in [-0.4, -0.2) is 106 Å². The van der Waals surface area contributed by atoms with Gasteiger partial charge >= 0.3 is 6.01 Å². The van der Waals surface area contributed by atoms with Crippen molar-refractivity contribution in [2.24, 2.45) is 0 Å². The number of anilines is 2. The van der Waals surface area contributed by atoms with Crippen molar-refractivity contribution in [3.8, 4) is 23.3 Å². The average Bonchev–Trinajstić information content (AvgIpc) is 3.87. The topological polar surface area (TPSA) is 157 Å². The summed E-state index contributed by atoms with van der Waals surface area (Å²) in [5.74, 6) is -0.659. The number of β-amino-alcohol motifs (C(OH)–C–C–N with tert-alkyl or cyclic N) is 1. The lowest BCUT2D eigenvalue weighted by Gasteiger charge is -2.42. The molecule has 0 spiro atoms. The number of nitrogens with two attached hydrogens (primary N) is 1. The summed E-state index contributed by atoms with van der Waals surface area (Å²) in [6.45, 7) is 7.18. The number of halogens is 2. The molecule has 1 aromatic carbocycles. The van der Waals surface area contributed by atoms with E-state index >= 15 is 8.78 Å². The lowest BCUT2D eigenvalue weighted by Crippen LogP contribution is -2.55. The zero-order valence-electron chi connectivity index (χ0n) is 28.6. The van der Waals surface area contributed by atoms with E-state index in [1.54, 1.807) is 6.92 Å². The molecule has 4 aromatic rings. The second kappa shape index (κ2) is 13.7. The molecule has 3 fully saturated rings. The monoisotopic (exact) mass is 708 g/mol. The number of ether oxygens (including phenoxy) is 2. The van der Waals surface area contributed by atoms with Crippen molar-refractivity contribution in [2.75, 3.05) is 51.0 Å². The number of benzene rings is 1. The summed E-state index contributed by atoms with van der Waals surface area (Å²) in [6, 6.07) is 2.56. The molecule has 266 valence electrons. The highest BCUT2D eigenvalue weighted by atomic mass is 32.1. The van der Waals surface area contributed by atoms with Crippen molar-refractivity contribution in [3.05, 3.63) is 34.5 Å². The van der Waals surface area contributed by atoms with Crippen LogP contribution in [0.15, 0.2) is 6.20 Å². The first kappa shape index (κ1) is 34.7. The molecule has 5 atom stereocenters. The number of hydrogen-bond acceptors (Lipinski definition) is 13. The fourth-order valence-corrected chi connectivity index (χ4v) is 9.42. The molecule has 0 amide bonds. The summed E-state index contributed by atoms with van der Waals surface area (Å²) >= 11 is 0.946. The molecule has 0 saturated carbocycles. The summed E-state index contributed by atoms with van der Waals surface area (Å²) in [5.41, 5.74) is 7.86. The molecule has 8 rings (SSSR count). The molecule has 3 saturated heterocycles. The van der Waals surface area contributed by atoms with Crippen molar-refractivity contribution < 1.29 is 28.5 Å². The van der Waals surface area contributed by atoms with Crippen LogP contribution in [0.3, 0.4) is 0 Å². The Morgan fingerprint density at radius 2 is 1.84 bits per heavy atom. The fraction of sp³-hybridized carbons (Fsp3) is 0.543. The van der Waals surface area contributed by atoms with E-state index in [1.165, 1.54) is 0 Å². The van der Waals surface area contributed by atoms with Gasteiger partial charge in [-0.25, -0.2) is 8.78 Å². The van der Waals surface area contributed by atoms with Gasteiger partial charge in [0.2, 0.25) is 0 Å². The first-order valence-electron chi connectivity index (χ1n) is 17.0. The third-order valence-corrected chi connectivity index (χ3v) is 11.6. The van der Waals surface area contributed by atoms with E-state index in [9.17, 15) is 10.4 Å². The van der Waals surface area contributed by atoms with E-state index < -0.39 is 17.7 Å². The SMILES string of the molecule is CC(O)CN1CC2CCC(C1)N2c1nc(OC(C)C2CCCN2C)nc2c(F)c(-c3ncc(F)c4sc(N)c(C#N)c34)c3c(c12)COC3.CO. The molecule has 4 aliphatic heterocycles. The van der Waals surface area contributed by atoms with Crippen molar-refractivity contribution >= 4 is 43.1 Å². The Balaban J connectivity index is 0.00000193. The van der Waals surface area contributed by atoms with Gasteiger partial charge in [-0.1, -0.05) is 0 Å². The van der Waals surface area contributed by atoms with Gasteiger partial charge < -0.3 is 30.3 Å². The number of aliphatic hydroxyl groups is 2. The number of thiophene rings is 1. The Hall–Kier alpha value is -3.78. The Morgan fingerprint density at radius 3 is 2.50 bits per heavy atom. The van der Waals surface area contributed by atoms with Crippen molar-refractivity contribution in [2.45, 2.75) is 83.1 Å². The van der Waals surface area contributed by atoms with Gasteiger partial charge in [0.05, 0.1) is 46.9 Å². The smallest absolute Gasteiger partial charge is 0.319 e. The van der Waals surface area contributed by atoms with E-state index in [0.29, 0.717) is 23.3 Å². The van der Waals surface area contributed by atoms with Crippen LogP contribution < -0.4 is 15.4 Å². The lowest BCUT2D eigenvalue weighted by molar-refractivity contribution is 0.109. The largest absolute Gasteiger partial charge is 0.459 e. The van der Waals surface area contributed by atoms with Gasteiger partial charge in [-0.3, -0.25) is 14.8 Å². The third-order valence-electron chi connectivity index (χ3n) is 10.5. The summed E-state index contributed by atoms with van der Waals surface area (Å²) in [4.78, 5) is 21.1. The van der Waals surface area contributed by atoms with E-state index in [-0.39, 0.29) is 80.9 Å². The molecule has 12 nitrogen and oxygen atoms in total. The molecule has 5 unspecified atom stereocenters. The van der Waals surface area contributed by atoms with Crippen LogP contribution in [0.5, 0.6) is 6.01 Å². The quantitative estimate of drug-likeness (QED) is 0.252. The van der Waals surface area contributed by atoms with Gasteiger partial charge in [-0.05, 0) is 64.3 Å². The summed E-state index contributed by atoms with van der Waals surface area (Å²) in [6.07, 6.45) is 4.30. The number of rotatable bonds is 7. The first-order valence-corrected chi connectivity index (χ1v) is 17.9. The Bertz CT molecular complexity index is 1970. The second-order valence-corrected chi connectivity index (χ2v) is 14.7. The van der Waals surface area contributed by atoms with Crippen LogP contribution >= 0.6 is 11.3 Å². The van der Waals surface area contributed by atoms with Gasteiger partial charge in [-0.15, -0.1) is 11.3 Å². The molecule has 4 N–H and O–H groups in total. The lowest BCUT2D eigenvalue weighted by atomic mass is 9.93. The van der Waals surface area contributed by atoms with Crippen LogP contribution in [0.4, 0.5) is 19.6 Å². The van der Waals surface area contributed by atoms with Gasteiger partial charge in [-0.2, -0.15) is 15.2 Å².